The van der Waals surface area contributed by atoms with Crippen molar-refractivity contribution in [2.75, 3.05) is 165 Å². The summed E-state index contributed by atoms with van der Waals surface area (Å²) in [4.78, 5) is 0. The lowest BCUT2D eigenvalue weighted by atomic mass is 10.0. The van der Waals surface area contributed by atoms with Gasteiger partial charge >= 0.3 is 0 Å². The Hall–Kier alpha value is -1.46. The van der Waals surface area contributed by atoms with Crippen LogP contribution in [-0.4, -0.2) is 165 Å². The Balaban J connectivity index is 1.65. The third-order valence-electron chi connectivity index (χ3n) is 9.72. The molecule has 0 saturated carbocycles. The van der Waals surface area contributed by atoms with Gasteiger partial charge in [0, 0.05) is 6.61 Å². The molecule has 0 aliphatic heterocycles. The van der Waals surface area contributed by atoms with Crippen LogP contribution in [0.3, 0.4) is 0 Å². The first-order valence-electron chi connectivity index (χ1n) is 24.5. The second-order valence-corrected chi connectivity index (χ2v) is 15.2. The van der Waals surface area contributed by atoms with Crippen molar-refractivity contribution in [2.45, 2.75) is 117 Å². The van der Waals surface area contributed by atoms with E-state index in [1.54, 1.807) is 0 Å². The van der Waals surface area contributed by atoms with E-state index in [-0.39, 0.29) is 0 Å². The van der Waals surface area contributed by atoms with Crippen molar-refractivity contribution in [2.24, 2.45) is 0 Å². The Morgan fingerprint density at radius 3 is 0.790 bits per heavy atom. The molecule has 0 aromatic heterocycles. The maximum atomic E-state index is 5.80. The number of rotatable bonds is 54. The normalized spacial score (nSPS) is 11.6. The molecule has 0 aliphatic carbocycles. The summed E-state index contributed by atoms with van der Waals surface area (Å²) in [7, 11) is 0. The van der Waals surface area contributed by atoms with Crippen LogP contribution in [0.5, 0.6) is 5.75 Å². The summed E-state index contributed by atoms with van der Waals surface area (Å²) in [5.74, 6) is 0.887. The van der Waals surface area contributed by atoms with Gasteiger partial charge in [0.05, 0.1) is 152 Å². The Morgan fingerprint density at radius 1 is 0.242 bits per heavy atom. The summed E-state index contributed by atoms with van der Waals surface area (Å²) in [6, 6.07) is 8.46. The Kier molecular flexibility index (Phi) is 49.3. The summed E-state index contributed by atoms with van der Waals surface area (Å²) in [6.45, 7) is 18.2. The molecule has 1 rings (SSSR count). The van der Waals surface area contributed by atoms with E-state index < -0.39 is 0 Å². The van der Waals surface area contributed by atoms with E-state index in [0.717, 1.165) is 25.2 Å². The van der Waals surface area contributed by atoms with Crippen molar-refractivity contribution in [3.63, 3.8) is 0 Å². The van der Waals surface area contributed by atoms with E-state index in [0.29, 0.717) is 159 Å². The first-order chi connectivity index (χ1) is 30.9. The second kappa shape index (κ2) is 52.2. The lowest BCUT2D eigenvalue weighted by Gasteiger charge is -2.09. The van der Waals surface area contributed by atoms with Crippen LogP contribution in [0, 0.1) is 0 Å². The zero-order valence-corrected chi connectivity index (χ0v) is 39.6. The van der Waals surface area contributed by atoms with Crippen LogP contribution in [0.2, 0.25) is 0 Å². The van der Waals surface area contributed by atoms with Crippen LogP contribution in [0.1, 0.15) is 116 Å². The molecule has 1 aromatic carbocycles. The molecule has 0 spiro atoms. The highest BCUT2D eigenvalue weighted by Gasteiger charge is 2.00. The summed E-state index contributed by atoms with van der Waals surface area (Å²) < 4.78 is 72.4. The first kappa shape index (κ1) is 58.6. The van der Waals surface area contributed by atoms with E-state index in [1.807, 2.05) is 0 Å². The van der Waals surface area contributed by atoms with Gasteiger partial charge in [-0.05, 0) is 37.0 Å². The molecule has 0 unspecified atom stereocenters. The molecule has 13 heteroatoms. The van der Waals surface area contributed by atoms with E-state index in [2.05, 4.69) is 38.1 Å². The molecule has 0 fully saturated rings. The summed E-state index contributed by atoms with van der Waals surface area (Å²) >= 11 is 0. The fourth-order valence-corrected chi connectivity index (χ4v) is 6.12. The van der Waals surface area contributed by atoms with Crippen molar-refractivity contribution in [1.29, 1.82) is 0 Å². The molecule has 0 bridgehead atoms. The maximum absolute atomic E-state index is 5.80. The Bertz CT molecular complexity index is 958. The lowest BCUT2D eigenvalue weighted by molar-refractivity contribution is -0.0285. The van der Waals surface area contributed by atoms with Crippen molar-refractivity contribution in [3.05, 3.63) is 29.8 Å². The predicted octanol–water partition coefficient (Wildman–Crippen LogP) is 8.70. The smallest absolute Gasteiger partial charge is 0.119 e. The van der Waals surface area contributed by atoms with Crippen molar-refractivity contribution >= 4 is 0 Å². The fourth-order valence-electron chi connectivity index (χ4n) is 6.12. The third kappa shape index (κ3) is 46.5. The number of aryl methyl sites for hydroxylation is 1. The van der Waals surface area contributed by atoms with Crippen LogP contribution in [0.25, 0.3) is 0 Å². The van der Waals surface area contributed by atoms with Crippen LogP contribution < -0.4 is 4.74 Å². The summed E-state index contributed by atoms with van der Waals surface area (Å²) in [6.07, 6.45) is 21.0. The first-order valence-corrected chi connectivity index (χ1v) is 24.5. The monoisotopic (exact) mass is 889 g/mol. The van der Waals surface area contributed by atoms with Gasteiger partial charge in [-0.15, -0.1) is 0 Å². The van der Waals surface area contributed by atoms with Gasteiger partial charge < -0.3 is 61.6 Å². The van der Waals surface area contributed by atoms with E-state index >= 15 is 0 Å². The minimum absolute atomic E-state index is 0.512. The molecule has 0 saturated heterocycles. The van der Waals surface area contributed by atoms with E-state index in [1.165, 1.54) is 95.5 Å². The average molecular weight is 889 g/mol. The zero-order chi connectivity index (χ0) is 44.2. The standard InChI is InChI=1S/C49H92O13/c1-3-5-7-9-11-13-15-17-23-50-24-25-51-26-27-52-28-29-53-30-31-54-32-33-55-34-35-56-36-37-57-38-39-58-40-41-59-42-43-60-44-45-61-46-47-62-49-21-19-48(20-22-49)18-16-14-12-10-8-6-4-2/h19-22H,3-18,23-47H2,1-2H3. The van der Waals surface area contributed by atoms with Crippen molar-refractivity contribution < 1.29 is 61.6 Å². The van der Waals surface area contributed by atoms with E-state index in [9.17, 15) is 0 Å². The van der Waals surface area contributed by atoms with Gasteiger partial charge in [0.1, 0.15) is 12.4 Å². The Morgan fingerprint density at radius 2 is 0.484 bits per heavy atom. The van der Waals surface area contributed by atoms with Crippen LogP contribution in [-0.2, 0) is 63.3 Å². The molecule has 1 aromatic rings. The highest BCUT2D eigenvalue weighted by Crippen LogP contribution is 2.15. The van der Waals surface area contributed by atoms with Crippen molar-refractivity contribution in [3.8, 4) is 5.75 Å². The number of unbranched alkanes of at least 4 members (excludes halogenated alkanes) is 13. The number of benzene rings is 1. The van der Waals surface area contributed by atoms with Crippen LogP contribution in [0.4, 0.5) is 0 Å². The van der Waals surface area contributed by atoms with Gasteiger partial charge in [-0.3, -0.25) is 0 Å². The van der Waals surface area contributed by atoms with E-state index in [4.69, 9.17) is 61.6 Å². The number of hydrogen-bond acceptors (Lipinski definition) is 13. The second-order valence-electron chi connectivity index (χ2n) is 15.2. The predicted molar refractivity (Wildman–Crippen MR) is 246 cm³/mol. The maximum Gasteiger partial charge on any atom is 0.119 e. The molecular weight excluding hydrogens is 797 g/mol. The topological polar surface area (TPSA) is 120 Å². The average Bonchev–Trinajstić information content (AvgIpc) is 3.29. The lowest BCUT2D eigenvalue weighted by Crippen LogP contribution is -2.15. The molecule has 0 N–H and O–H groups in total. The zero-order valence-electron chi connectivity index (χ0n) is 39.6. The minimum Gasteiger partial charge on any atom is -0.491 e. The van der Waals surface area contributed by atoms with Gasteiger partial charge in [0.15, 0.2) is 0 Å². The fraction of sp³-hybridized carbons (Fsp3) is 0.878. The van der Waals surface area contributed by atoms with Crippen LogP contribution >= 0.6 is 0 Å². The highest BCUT2D eigenvalue weighted by atomic mass is 16.6. The van der Waals surface area contributed by atoms with Gasteiger partial charge in [-0.25, -0.2) is 0 Å². The Labute approximate surface area is 378 Å². The molecule has 0 amide bonds. The SMILES string of the molecule is CCCCCCCCCCOCCOCCOCCOCCOCCOCCOCCOCCOCCOCCOCCOCCOc1ccc(CCCCCCCCC)cc1. The molecule has 62 heavy (non-hydrogen) atoms. The third-order valence-corrected chi connectivity index (χ3v) is 9.72. The molecular formula is C49H92O13. The van der Waals surface area contributed by atoms with Gasteiger partial charge in [-0.2, -0.15) is 0 Å². The molecule has 0 aliphatic rings. The van der Waals surface area contributed by atoms with Gasteiger partial charge in [0.2, 0.25) is 0 Å². The van der Waals surface area contributed by atoms with Crippen molar-refractivity contribution in [1.82, 2.24) is 0 Å². The molecule has 13 nitrogen and oxygen atoms in total. The molecule has 366 valence electrons. The van der Waals surface area contributed by atoms with Crippen LogP contribution in [0.15, 0.2) is 24.3 Å². The number of ether oxygens (including phenoxy) is 13. The summed E-state index contributed by atoms with van der Waals surface area (Å²) in [5, 5.41) is 0. The summed E-state index contributed by atoms with van der Waals surface area (Å²) in [5.41, 5.74) is 1.38. The minimum atomic E-state index is 0.512. The molecule has 0 atom stereocenters. The largest absolute Gasteiger partial charge is 0.491 e. The quantitative estimate of drug-likeness (QED) is 0.0581. The highest BCUT2D eigenvalue weighted by molar-refractivity contribution is 5.27. The molecule has 0 radical (unpaired) electrons. The molecule has 0 heterocycles. The van der Waals surface area contributed by atoms with Gasteiger partial charge in [0.25, 0.3) is 0 Å². The number of hydrogen-bond donors (Lipinski definition) is 0. The van der Waals surface area contributed by atoms with Gasteiger partial charge in [-0.1, -0.05) is 109 Å².